The fourth-order valence-electron chi connectivity index (χ4n) is 2.97. The Morgan fingerprint density at radius 3 is 1.11 bits per heavy atom. The molecule has 17 heteroatoms. The van der Waals surface area contributed by atoms with Gasteiger partial charge in [-0.3, -0.25) is 20.0 Å². The Morgan fingerprint density at radius 2 is 0.851 bits per heavy atom. The number of carboxylic acids is 4. The second-order valence-electron chi connectivity index (χ2n) is 7.95. The van der Waals surface area contributed by atoms with E-state index in [4.69, 9.17) is 30.9 Å². The van der Waals surface area contributed by atoms with Gasteiger partial charge in [0.25, 0.3) is 0 Å². The minimum absolute atomic E-state index is 0. The summed E-state index contributed by atoms with van der Waals surface area (Å²) in [6, 6.07) is 17.6. The summed E-state index contributed by atoms with van der Waals surface area (Å²) in [6.07, 6.45) is 5.61. The molecule has 0 unspecified atom stereocenters. The number of aromatic carboxylic acids is 4. The Kier molecular flexibility index (Phi) is 19.6. The molecule has 0 radical (unpaired) electrons. The summed E-state index contributed by atoms with van der Waals surface area (Å²) in [7, 11) is 0. The molecule has 0 bridgehead atoms. The third-order valence-corrected chi connectivity index (χ3v) is 4.98. The van der Waals surface area contributed by atoms with Crippen molar-refractivity contribution in [1.29, 1.82) is 10.5 Å². The number of carboxylic acid groups (broad SMARTS) is 4. The molecule has 4 N–H and O–H groups in total. The van der Waals surface area contributed by atoms with E-state index in [2.05, 4.69) is 45.2 Å². The number of carbonyl (C=O) groups is 4. The van der Waals surface area contributed by atoms with Gasteiger partial charge in [-0.05, 0) is 72.8 Å². The topological polar surface area (TPSA) is 247 Å². The van der Waals surface area contributed by atoms with Gasteiger partial charge in [-0.1, -0.05) is 10.8 Å². The van der Waals surface area contributed by atoms with Crippen molar-refractivity contribution in [2.45, 2.75) is 0 Å². The molecule has 4 aromatic rings. The largest absolute Gasteiger partial charge is 2.00 e. The normalized spacial score (nSPS) is 9.32. The molecule has 4 rings (SSSR count). The predicted molar refractivity (Wildman–Crippen MR) is 170 cm³/mol. The molecule has 2 heterocycles. The van der Waals surface area contributed by atoms with E-state index < -0.39 is 23.9 Å². The number of hydrogen-bond acceptors (Lipinski definition) is 12. The number of rotatable bonds is 8. The zero-order chi connectivity index (χ0) is 34.5. The van der Waals surface area contributed by atoms with E-state index in [1.54, 1.807) is 24.3 Å². The number of thiocyanates is 2. The fraction of sp³-hybridized carbons (Fsp3) is 0. The first-order valence-corrected chi connectivity index (χ1v) is 12.9. The Balaban J connectivity index is 0.000000757. The number of aliphatic imine (C=N–C) groups is 2. The molecule has 238 valence electrons. The van der Waals surface area contributed by atoms with Crippen LogP contribution < -0.4 is 0 Å². The summed E-state index contributed by atoms with van der Waals surface area (Å²) < 4.78 is 0. The quantitative estimate of drug-likeness (QED) is 0.0838. The third kappa shape index (κ3) is 16.0. The van der Waals surface area contributed by atoms with Crippen LogP contribution in [0.1, 0.15) is 52.8 Å². The summed E-state index contributed by atoms with van der Waals surface area (Å²) >= 11 is 7.40. The van der Waals surface area contributed by atoms with E-state index in [1.165, 1.54) is 84.2 Å². The van der Waals surface area contributed by atoms with E-state index in [-0.39, 0.29) is 41.7 Å². The Bertz CT molecular complexity index is 1670. The van der Waals surface area contributed by atoms with Crippen molar-refractivity contribution >= 4 is 72.9 Å². The van der Waals surface area contributed by atoms with Crippen LogP contribution in [-0.2, 0) is 44.7 Å². The van der Waals surface area contributed by atoms with E-state index in [0.717, 1.165) is 0 Å². The zero-order valence-corrected chi connectivity index (χ0v) is 26.9. The van der Waals surface area contributed by atoms with Gasteiger partial charge >= 0.3 is 43.4 Å². The van der Waals surface area contributed by atoms with E-state index in [1.807, 2.05) is 0 Å². The second kappa shape index (κ2) is 22.5. The van der Waals surface area contributed by atoms with Crippen molar-refractivity contribution in [3.05, 3.63) is 119 Å². The minimum Gasteiger partial charge on any atom is -0.696 e. The van der Waals surface area contributed by atoms with Gasteiger partial charge in [-0.25, -0.2) is 29.7 Å². The number of nitrogens with zero attached hydrogens (tertiary/aromatic N) is 6. The molecule has 0 spiro atoms. The van der Waals surface area contributed by atoms with Crippen LogP contribution in [0, 0.1) is 21.3 Å². The maximum atomic E-state index is 10.8. The van der Waals surface area contributed by atoms with Gasteiger partial charge in [-0.15, -0.1) is 0 Å². The molecule has 0 saturated carbocycles. The molecule has 0 saturated heterocycles. The smallest absolute Gasteiger partial charge is 0.696 e. The molecule has 0 aliphatic carbocycles. The van der Waals surface area contributed by atoms with Crippen molar-refractivity contribution in [3.8, 4) is 10.8 Å². The summed E-state index contributed by atoms with van der Waals surface area (Å²) in [5.41, 5.74) is 2.53. The average Bonchev–Trinajstić information content (AvgIpc) is 3.04. The number of pyridine rings is 2. The van der Waals surface area contributed by atoms with Crippen molar-refractivity contribution in [3.63, 3.8) is 0 Å². The van der Waals surface area contributed by atoms with Gasteiger partial charge in [0.1, 0.15) is 0 Å². The van der Waals surface area contributed by atoms with Gasteiger partial charge in [0.2, 0.25) is 0 Å². The fourth-order valence-corrected chi connectivity index (χ4v) is 2.97. The zero-order valence-electron chi connectivity index (χ0n) is 23.5. The number of nitriles is 2. The van der Waals surface area contributed by atoms with Crippen LogP contribution >= 0.6 is 0 Å². The molecule has 0 atom stereocenters. The van der Waals surface area contributed by atoms with Crippen LogP contribution in [0.5, 0.6) is 0 Å². The molecular formula is C30H20N6O8RuS2. The molecule has 47 heavy (non-hydrogen) atoms. The maximum absolute atomic E-state index is 10.8. The molecule has 0 amide bonds. The third-order valence-electron chi connectivity index (χ3n) is 4.98. The van der Waals surface area contributed by atoms with Crippen LogP contribution in [0.2, 0.25) is 0 Å². The molecule has 2 aromatic carbocycles. The number of aromatic nitrogens is 2. The van der Waals surface area contributed by atoms with Gasteiger partial charge in [-0.2, -0.15) is 0 Å². The molecular weight excluding hydrogens is 738 g/mol. The van der Waals surface area contributed by atoms with E-state index in [0.29, 0.717) is 22.8 Å². The SMILES string of the molecule is N#C[S-].N#C[S-].O=C(O)c1ccc(N=Cc2cc(C(=O)O)ccn2)cc1.O=C(O)c1ccc(N=Cc2cc(C(=O)O)ccn2)cc1.[Ru+2]. The van der Waals surface area contributed by atoms with Gasteiger partial charge < -0.3 is 45.7 Å². The van der Waals surface area contributed by atoms with E-state index >= 15 is 0 Å². The first-order chi connectivity index (χ1) is 21.9. The Morgan fingerprint density at radius 1 is 0.574 bits per heavy atom. The molecule has 2 aromatic heterocycles. The Hall–Kier alpha value is -6.00. The summed E-state index contributed by atoms with van der Waals surface area (Å²) in [4.78, 5) is 59.1. The van der Waals surface area contributed by atoms with Crippen LogP contribution in [0.4, 0.5) is 11.4 Å². The maximum Gasteiger partial charge on any atom is 2.00 e. The predicted octanol–water partition coefficient (Wildman–Crippen LogP) is 4.48. The van der Waals surface area contributed by atoms with Gasteiger partial charge in [0.05, 0.1) is 57.4 Å². The monoisotopic (exact) mass is 758 g/mol. The van der Waals surface area contributed by atoms with Crippen LogP contribution in [-0.4, -0.2) is 66.7 Å². The molecule has 14 nitrogen and oxygen atoms in total. The summed E-state index contributed by atoms with van der Waals surface area (Å²) in [5, 5.41) is 52.2. The first kappa shape index (κ1) is 41.0. The average molecular weight is 758 g/mol. The van der Waals surface area contributed by atoms with Crippen LogP contribution in [0.15, 0.2) is 95.2 Å². The molecule has 0 fully saturated rings. The molecule has 0 aliphatic rings. The van der Waals surface area contributed by atoms with Crippen molar-refractivity contribution in [2.75, 3.05) is 0 Å². The summed E-state index contributed by atoms with van der Waals surface area (Å²) in [5.74, 6) is -4.08. The van der Waals surface area contributed by atoms with Gasteiger partial charge in [0, 0.05) is 12.4 Å². The van der Waals surface area contributed by atoms with Crippen molar-refractivity contribution in [2.24, 2.45) is 9.98 Å². The second-order valence-corrected chi connectivity index (χ2v) is 8.32. The number of hydrogen-bond donors (Lipinski definition) is 4. The summed E-state index contributed by atoms with van der Waals surface area (Å²) in [6.45, 7) is 0. The minimum atomic E-state index is -1.03. The van der Waals surface area contributed by atoms with E-state index in [9.17, 15) is 19.2 Å². The van der Waals surface area contributed by atoms with Crippen LogP contribution in [0.3, 0.4) is 0 Å². The van der Waals surface area contributed by atoms with Crippen molar-refractivity contribution in [1.82, 2.24) is 9.97 Å². The standard InChI is InChI=1S/2C14H10N2O4.2CHNS.Ru/c2*17-13(18)9-1-3-11(4-2-9)16-8-12-7-10(14(19)20)5-6-15-12;2*2-1-3;/h2*1-8H,(H,17,18)(H,19,20);2*3H;/q;;;;+2/p-2. The first-order valence-electron chi connectivity index (χ1n) is 12.1. The number of benzene rings is 2. The van der Waals surface area contributed by atoms with Crippen LogP contribution in [0.25, 0.3) is 0 Å². The molecule has 0 aliphatic heterocycles. The van der Waals surface area contributed by atoms with Crippen molar-refractivity contribution < 1.29 is 59.1 Å². The Labute approximate surface area is 291 Å². The van der Waals surface area contributed by atoms with Gasteiger partial charge in [0.15, 0.2) is 0 Å².